The molecule has 2 nitrogen and oxygen atoms in total. The van der Waals surface area contributed by atoms with Crippen LogP contribution in [0.3, 0.4) is 0 Å². The Balaban J connectivity index is 2.64. The van der Waals surface area contributed by atoms with Crippen LogP contribution < -0.4 is 0 Å². The lowest BCUT2D eigenvalue weighted by Gasteiger charge is -2.18. The van der Waals surface area contributed by atoms with Crippen LogP contribution in [0, 0.1) is 23.6 Å². The predicted molar refractivity (Wildman–Crippen MR) is 76.2 cm³/mol. The Kier molecular flexibility index (Phi) is 6.55. The fourth-order valence-electron chi connectivity index (χ4n) is 1.74. The van der Waals surface area contributed by atoms with Gasteiger partial charge in [0.15, 0.2) is 0 Å². The number of hydrogen-bond donors (Lipinski definition) is 1. The maximum Gasteiger partial charge on any atom is 0.128 e. The highest BCUT2D eigenvalue weighted by atomic mass is 19.1. The molecule has 1 rings (SSSR count). The average Bonchev–Trinajstić information content (AvgIpc) is 2.37. The van der Waals surface area contributed by atoms with Crippen molar-refractivity contribution < 1.29 is 9.50 Å². The molecule has 0 aliphatic rings. The molecule has 19 heavy (non-hydrogen) atoms. The molecule has 0 bridgehead atoms. The maximum atomic E-state index is 13.9. The molecule has 0 amide bonds. The molecular formula is C16H22FNO. The second-order valence-electron chi connectivity index (χ2n) is 5.19. The first kappa shape index (κ1) is 15.7. The van der Waals surface area contributed by atoms with E-state index in [0.717, 1.165) is 13.0 Å². The molecular weight excluding hydrogens is 241 g/mol. The van der Waals surface area contributed by atoms with Crippen LogP contribution in [0.2, 0.25) is 0 Å². The van der Waals surface area contributed by atoms with Crippen LogP contribution in [0.15, 0.2) is 18.2 Å². The highest BCUT2D eigenvalue weighted by Crippen LogP contribution is 2.12. The van der Waals surface area contributed by atoms with E-state index in [1.165, 1.54) is 6.07 Å². The summed E-state index contributed by atoms with van der Waals surface area (Å²) in [6.07, 6.45) is 1.11. The summed E-state index contributed by atoms with van der Waals surface area (Å²) in [7, 11) is 2.00. The van der Waals surface area contributed by atoms with Crippen molar-refractivity contribution >= 4 is 0 Å². The lowest BCUT2D eigenvalue weighted by atomic mass is 10.1. The van der Waals surface area contributed by atoms with Gasteiger partial charge in [0.1, 0.15) is 12.4 Å². The van der Waals surface area contributed by atoms with Crippen LogP contribution in [-0.4, -0.2) is 30.2 Å². The van der Waals surface area contributed by atoms with Crippen molar-refractivity contribution in [1.82, 2.24) is 4.90 Å². The second-order valence-corrected chi connectivity index (χ2v) is 5.19. The van der Waals surface area contributed by atoms with E-state index in [9.17, 15) is 4.39 Å². The van der Waals surface area contributed by atoms with Gasteiger partial charge in [-0.1, -0.05) is 31.8 Å². The second kappa shape index (κ2) is 7.93. The van der Waals surface area contributed by atoms with Crippen molar-refractivity contribution in [3.05, 3.63) is 35.1 Å². The summed E-state index contributed by atoms with van der Waals surface area (Å²) in [4.78, 5) is 2.12. The molecule has 0 atom stereocenters. The molecule has 0 saturated carbocycles. The number of nitrogens with zero attached hydrogens (tertiary/aromatic N) is 1. The molecule has 104 valence electrons. The SMILES string of the molecule is CC(C)CCN(C)Cc1ccc(C#CCO)cc1F. The highest BCUT2D eigenvalue weighted by Gasteiger charge is 2.07. The quantitative estimate of drug-likeness (QED) is 0.826. The fraction of sp³-hybridized carbons (Fsp3) is 0.500. The zero-order valence-electron chi connectivity index (χ0n) is 11.9. The molecule has 0 aliphatic carbocycles. The number of rotatable bonds is 5. The van der Waals surface area contributed by atoms with Gasteiger partial charge in [0, 0.05) is 17.7 Å². The third-order valence-electron chi connectivity index (χ3n) is 2.89. The van der Waals surface area contributed by atoms with Gasteiger partial charge >= 0.3 is 0 Å². The first-order valence-corrected chi connectivity index (χ1v) is 6.59. The Hall–Kier alpha value is -1.37. The Labute approximate surface area is 115 Å². The van der Waals surface area contributed by atoms with E-state index < -0.39 is 0 Å². The Bertz CT molecular complexity index is 460. The summed E-state index contributed by atoms with van der Waals surface area (Å²) in [5.74, 6) is 5.64. The van der Waals surface area contributed by atoms with Gasteiger partial charge in [0.2, 0.25) is 0 Å². The molecule has 0 aliphatic heterocycles. The Morgan fingerprint density at radius 2 is 2.11 bits per heavy atom. The average molecular weight is 263 g/mol. The summed E-state index contributed by atoms with van der Waals surface area (Å²) < 4.78 is 13.9. The smallest absolute Gasteiger partial charge is 0.128 e. The van der Waals surface area contributed by atoms with Crippen LogP contribution in [-0.2, 0) is 6.54 Å². The third-order valence-corrected chi connectivity index (χ3v) is 2.89. The van der Waals surface area contributed by atoms with Gasteiger partial charge in [0.25, 0.3) is 0 Å². The molecule has 0 radical (unpaired) electrons. The van der Waals surface area contributed by atoms with Gasteiger partial charge in [-0.15, -0.1) is 0 Å². The standard InChI is InChI=1S/C16H22FNO/c1-13(2)8-9-18(3)12-15-7-6-14(5-4-10-19)11-16(15)17/h6-7,11,13,19H,8-10,12H2,1-3H3. The molecule has 3 heteroatoms. The van der Waals surface area contributed by atoms with Gasteiger partial charge in [-0.05, 0) is 38.1 Å². The van der Waals surface area contributed by atoms with Gasteiger partial charge in [0.05, 0.1) is 0 Å². The predicted octanol–water partition coefficient (Wildman–Crippen LogP) is 2.65. The van der Waals surface area contributed by atoms with Gasteiger partial charge in [-0.25, -0.2) is 4.39 Å². The van der Waals surface area contributed by atoms with Crippen molar-refractivity contribution in [3.8, 4) is 11.8 Å². The van der Waals surface area contributed by atoms with E-state index in [2.05, 4.69) is 30.6 Å². The van der Waals surface area contributed by atoms with Crippen molar-refractivity contribution in [1.29, 1.82) is 0 Å². The minimum Gasteiger partial charge on any atom is -0.384 e. The van der Waals surface area contributed by atoms with E-state index >= 15 is 0 Å². The van der Waals surface area contributed by atoms with Crippen LogP contribution >= 0.6 is 0 Å². The molecule has 1 N–H and O–H groups in total. The summed E-state index contributed by atoms with van der Waals surface area (Å²) in [6.45, 7) is 5.73. The van der Waals surface area contributed by atoms with E-state index in [0.29, 0.717) is 23.6 Å². The van der Waals surface area contributed by atoms with Gasteiger partial charge in [-0.3, -0.25) is 0 Å². The Morgan fingerprint density at radius 1 is 1.37 bits per heavy atom. The largest absolute Gasteiger partial charge is 0.384 e. The van der Waals surface area contributed by atoms with E-state index in [1.54, 1.807) is 12.1 Å². The van der Waals surface area contributed by atoms with E-state index in [-0.39, 0.29) is 12.4 Å². The van der Waals surface area contributed by atoms with E-state index in [1.807, 2.05) is 7.05 Å². The minimum absolute atomic E-state index is 0.207. The molecule has 0 saturated heterocycles. The van der Waals surface area contributed by atoms with Crippen molar-refractivity contribution in [2.45, 2.75) is 26.8 Å². The first-order chi connectivity index (χ1) is 9.02. The highest BCUT2D eigenvalue weighted by molar-refractivity contribution is 5.37. The minimum atomic E-state index is -0.235. The number of benzene rings is 1. The number of halogens is 1. The number of hydrogen-bond acceptors (Lipinski definition) is 2. The van der Waals surface area contributed by atoms with Crippen molar-refractivity contribution in [2.24, 2.45) is 5.92 Å². The normalized spacial score (nSPS) is 10.7. The van der Waals surface area contributed by atoms with Crippen LogP contribution in [0.1, 0.15) is 31.4 Å². The molecule has 0 heterocycles. The van der Waals surface area contributed by atoms with Crippen LogP contribution in [0.25, 0.3) is 0 Å². The van der Waals surface area contributed by atoms with Crippen LogP contribution in [0.5, 0.6) is 0 Å². The summed E-state index contributed by atoms with van der Waals surface area (Å²) in [6, 6.07) is 4.98. The van der Waals surface area contributed by atoms with Crippen molar-refractivity contribution in [2.75, 3.05) is 20.2 Å². The zero-order valence-corrected chi connectivity index (χ0v) is 11.9. The lowest BCUT2D eigenvalue weighted by molar-refractivity contribution is 0.299. The maximum absolute atomic E-state index is 13.9. The molecule has 0 spiro atoms. The monoisotopic (exact) mass is 263 g/mol. The molecule has 1 aromatic carbocycles. The Morgan fingerprint density at radius 3 is 2.68 bits per heavy atom. The summed E-state index contributed by atoms with van der Waals surface area (Å²) in [5.41, 5.74) is 1.28. The van der Waals surface area contributed by atoms with Gasteiger partial charge < -0.3 is 10.0 Å². The lowest BCUT2D eigenvalue weighted by Crippen LogP contribution is -2.21. The molecule has 0 fully saturated rings. The van der Waals surface area contributed by atoms with Gasteiger partial charge in [-0.2, -0.15) is 0 Å². The first-order valence-electron chi connectivity index (χ1n) is 6.59. The summed E-state index contributed by atoms with van der Waals surface area (Å²) >= 11 is 0. The molecule has 1 aromatic rings. The summed E-state index contributed by atoms with van der Waals surface area (Å²) in [5, 5.41) is 8.60. The molecule has 0 aromatic heterocycles. The number of aliphatic hydroxyl groups is 1. The van der Waals surface area contributed by atoms with Crippen molar-refractivity contribution in [3.63, 3.8) is 0 Å². The number of aliphatic hydroxyl groups excluding tert-OH is 1. The molecule has 0 unspecified atom stereocenters. The topological polar surface area (TPSA) is 23.5 Å². The van der Waals surface area contributed by atoms with Crippen LogP contribution in [0.4, 0.5) is 4.39 Å². The van der Waals surface area contributed by atoms with E-state index in [4.69, 9.17) is 5.11 Å². The fourth-order valence-corrected chi connectivity index (χ4v) is 1.74. The third kappa shape index (κ3) is 5.87. The zero-order chi connectivity index (χ0) is 14.3.